The number of hydrogen-bond acceptors (Lipinski definition) is 9. The molecular weight excluding hydrogens is 571 g/mol. The Kier molecular flexibility index (Phi) is 7.82. The van der Waals surface area contributed by atoms with Gasteiger partial charge in [0.25, 0.3) is 5.91 Å². The van der Waals surface area contributed by atoms with Crippen LogP contribution in [-0.4, -0.2) is 92.5 Å². The first-order valence-corrected chi connectivity index (χ1v) is 14.8. The molecule has 0 spiro atoms. The molecule has 15 heteroatoms. The summed E-state index contributed by atoms with van der Waals surface area (Å²) in [7, 11) is -3.91. The average Bonchev–Trinajstić information content (AvgIpc) is 3.66. The van der Waals surface area contributed by atoms with Crippen LogP contribution in [0.25, 0.3) is 0 Å². The van der Waals surface area contributed by atoms with Crippen molar-refractivity contribution in [3.8, 4) is 6.07 Å². The highest BCUT2D eigenvalue weighted by molar-refractivity contribution is 7.92. The molecule has 40 heavy (non-hydrogen) atoms. The summed E-state index contributed by atoms with van der Waals surface area (Å²) in [6, 6.07) is 7.36. The fraction of sp³-hybridized carbons (Fsp3) is 0.520. The minimum absolute atomic E-state index is 0.00933. The SMILES string of the molecule is N#Cc1ncc(C(=O)NCC(F)(F)F)c(N2CC[C@H](S(=O)(=O)c3ccc(N4CCN(C5CC5)CC4)cc3Cl)C2)n1. The molecule has 1 amide bonds. The molecular formula is C25H27ClF3N7O3S. The molecule has 1 aromatic heterocycles. The largest absolute Gasteiger partial charge is 0.405 e. The first-order chi connectivity index (χ1) is 19.0. The summed E-state index contributed by atoms with van der Waals surface area (Å²) in [4.78, 5) is 26.3. The van der Waals surface area contributed by atoms with Crippen LogP contribution in [0.5, 0.6) is 0 Å². The molecule has 5 rings (SSSR count). The topological polar surface area (TPSA) is 123 Å². The van der Waals surface area contributed by atoms with Gasteiger partial charge in [0, 0.05) is 57.2 Å². The van der Waals surface area contributed by atoms with E-state index in [9.17, 15) is 31.6 Å². The maximum absolute atomic E-state index is 13.6. The van der Waals surface area contributed by atoms with Crippen LogP contribution in [0.2, 0.25) is 5.02 Å². The minimum Gasteiger partial charge on any atom is -0.369 e. The lowest BCUT2D eigenvalue weighted by atomic mass is 10.2. The molecule has 1 saturated carbocycles. The number of piperazine rings is 1. The molecule has 1 atom stereocenters. The molecule has 1 aromatic carbocycles. The van der Waals surface area contributed by atoms with E-state index in [-0.39, 0.29) is 46.6 Å². The number of sulfone groups is 1. The van der Waals surface area contributed by atoms with E-state index in [2.05, 4.69) is 19.8 Å². The van der Waals surface area contributed by atoms with E-state index in [0.717, 1.165) is 38.1 Å². The number of halogens is 4. The van der Waals surface area contributed by atoms with Crippen molar-refractivity contribution in [3.63, 3.8) is 0 Å². The van der Waals surface area contributed by atoms with Gasteiger partial charge in [-0.05, 0) is 37.5 Å². The summed E-state index contributed by atoms with van der Waals surface area (Å²) in [5.74, 6) is -1.49. The van der Waals surface area contributed by atoms with E-state index in [1.165, 1.54) is 23.8 Å². The molecule has 10 nitrogen and oxygen atoms in total. The van der Waals surface area contributed by atoms with E-state index >= 15 is 0 Å². The number of alkyl halides is 3. The molecule has 3 fully saturated rings. The Morgan fingerprint density at radius 3 is 2.48 bits per heavy atom. The van der Waals surface area contributed by atoms with Gasteiger partial charge in [0.15, 0.2) is 9.84 Å². The predicted octanol–water partition coefficient (Wildman–Crippen LogP) is 2.63. The van der Waals surface area contributed by atoms with Crippen LogP contribution in [0.15, 0.2) is 29.3 Å². The summed E-state index contributed by atoms with van der Waals surface area (Å²) < 4.78 is 65.0. The molecule has 0 radical (unpaired) electrons. The molecule has 2 aliphatic heterocycles. The van der Waals surface area contributed by atoms with Gasteiger partial charge in [-0.2, -0.15) is 18.4 Å². The number of anilines is 2. The quantitative estimate of drug-likeness (QED) is 0.513. The van der Waals surface area contributed by atoms with E-state index in [4.69, 9.17) is 11.6 Å². The van der Waals surface area contributed by atoms with Gasteiger partial charge in [-0.1, -0.05) is 11.6 Å². The fourth-order valence-electron chi connectivity index (χ4n) is 5.16. The number of carbonyl (C=O) groups excluding carboxylic acids is 1. The van der Waals surface area contributed by atoms with Gasteiger partial charge >= 0.3 is 6.18 Å². The lowest BCUT2D eigenvalue weighted by molar-refractivity contribution is -0.123. The average molecular weight is 598 g/mol. The van der Waals surface area contributed by atoms with E-state index in [0.29, 0.717) is 6.04 Å². The van der Waals surface area contributed by atoms with Gasteiger partial charge in [-0.25, -0.2) is 18.4 Å². The highest BCUT2D eigenvalue weighted by Gasteiger charge is 2.38. The summed E-state index contributed by atoms with van der Waals surface area (Å²) >= 11 is 6.50. The molecule has 3 aliphatic rings. The number of amides is 1. The Bertz CT molecular complexity index is 1440. The second-order valence-corrected chi connectivity index (χ2v) is 12.7. The zero-order chi connectivity index (χ0) is 28.7. The number of nitrogens with zero attached hydrogens (tertiary/aromatic N) is 6. The Labute approximate surface area is 234 Å². The van der Waals surface area contributed by atoms with Crippen molar-refractivity contribution in [2.24, 2.45) is 0 Å². The molecule has 0 unspecified atom stereocenters. The van der Waals surface area contributed by atoms with Crippen LogP contribution in [-0.2, 0) is 9.84 Å². The lowest BCUT2D eigenvalue weighted by Crippen LogP contribution is -2.47. The molecule has 214 valence electrons. The third kappa shape index (κ3) is 6.11. The summed E-state index contributed by atoms with van der Waals surface area (Å²) in [6.45, 7) is 2.06. The monoisotopic (exact) mass is 597 g/mol. The molecule has 2 aromatic rings. The van der Waals surface area contributed by atoms with E-state index in [1.807, 2.05) is 0 Å². The first-order valence-electron chi connectivity index (χ1n) is 12.9. The number of nitrogens with one attached hydrogen (secondary N) is 1. The number of carbonyl (C=O) groups is 1. The second kappa shape index (κ2) is 11.0. The summed E-state index contributed by atoms with van der Waals surface area (Å²) in [6.07, 6.45) is -0.996. The minimum atomic E-state index is -4.63. The van der Waals surface area contributed by atoms with Crippen molar-refractivity contribution in [1.82, 2.24) is 20.2 Å². The van der Waals surface area contributed by atoms with Crippen molar-refractivity contribution in [2.45, 2.75) is 41.6 Å². The Morgan fingerprint density at radius 2 is 1.85 bits per heavy atom. The smallest absolute Gasteiger partial charge is 0.369 e. The molecule has 2 saturated heterocycles. The van der Waals surface area contributed by atoms with Crippen LogP contribution in [0.1, 0.15) is 35.4 Å². The number of benzene rings is 1. The van der Waals surface area contributed by atoms with Gasteiger partial charge in [0.1, 0.15) is 24.0 Å². The second-order valence-electron chi connectivity index (χ2n) is 10.1. The van der Waals surface area contributed by atoms with E-state index < -0.39 is 33.7 Å². The van der Waals surface area contributed by atoms with E-state index in [1.54, 1.807) is 23.5 Å². The number of nitriles is 1. The van der Waals surface area contributed by atoms with Crippen LogP contribution in [0.3, 0.4) is 0 Å². The Hall–Kier alpha value is -3.15. The maximum Gasteiger partial charge on any atom is 0.405 e. The van der Waals surface area contributed by atoms with Crippen molar-refractivity contribution in [3.05, 3.63) is 40.8 Å². The molecule has 0 bridgehead atoms. The van der Waals surface area contributed by atoms with Crippen LogP contribution in [0, 0.1) is 11.3 Å². The number of hydrogen-bond donors (Lipinski definition) is 1. The van der Waals surface area contributed by atoms with Crippen molar-refractivity contribution < 1.29 is 26.4 Å². The number of aromatic nitrogens is 2. The Balaban J connectivity index is 1.31. The third-order valence-electron chi connectivity index (χ3n) is 7.41. The third-order valence-corrected chi connectivity index (χ3v) is 10.1. The van der Waals surface area contributed by atoms with Crippen LogP contribution >= 0.6 is 11.6 Å². The molecule has 3 heterocycles. The van der Waals surface area contributed by atoms with Gasteiger partial charge in [0.2, 0.25) is 5.82 Å². The van der Waals surface area contributed by atoms with Gasteiger partial charge < -0.3 is 15.1 Å². The summed E-state index contributed by atoms with van der Waals surface area (Å²) in [5, 5.41) is 10.2. The zero-order valence-electron chi connectivity index (χ0n) is 21.4. The van der Waals surface area contributed by atoms with Crippen molar-refractivity contribution in [2.75, 3.05) is 55.6 Å². The van der Waals surface area contributed by atoms with Crippen LogP contribution < -0.4 is 15.1 Å². The maximum atomic E-state index is 13.6. The predicted molar refractivity (Wildman–Crippen MR) is 141 cm³/mol. The molecule has 1 aliphatic carbocycles. The zero-order valence-corrected chi connectivity index (χ0v) is 22.9. The van der Waals surface area contributed by atoms with Crippen LogP contribution in [0.4, 0.5) is 24.7 Å². The lowest BCUT2D eigenvalue weighted by Gasteiger charge is -2.36. The number of rotatable bonds is 7. The summed E-state index contributed by atoms with van der Waals surface area (Å²) in [5.41, 5.74) is 0.567. The fourth-order valence-corrected chi connectivity index (χ4v) is 7.40. The van der Waals surface area contributed by atoms with Crippen molar-refractivity contribution >= 4 is 38.9 Å². The Morgan fingerprint density at radius 1 is 1.12 bits per heavy atom. The normalized spacial score (nSPS) is 20.4. The highest BCUT2D eigenvalue weighted by Crippen LogP contribution is 2.35. The highest BCUT2D eigenvalue weighted by atomic mass is 35.5. The van der Waals surface area contributed by atoms with Crippen molar-refractivity contribution in [1.29, 1.82) is 5.26 Å². The van der Waals surface area contributed by atoms with Gasteiger partial charge in [-0.3, -0.25) is 9.69 Å². The first kappa shape index (κ1) is 28.4. The molecule has 1 N–H and O–H groups in total. The van der Waals surface area contributed by atoms with Gasteiger partial charge in [0.05, 0.1) is 15.2 Å². The standard InChI is InChI=1S/C25H27ClF3N7O3S/c26-20-11-17(35-9-7-34(8-10-35)16-1-2-16)3-4-21(20)40(38,39)18-5-6-36(14-18)23-19(13-31-22(12-30)33-23)24(37)32-15-25(27,28)29/h3-4,11,13,16,18H,1-2,5-10,14-15H2,(H,32,37)/t18-/m0/s1. The van der Waals surface area contributed by atoms with Gasteiger partial charge in [-0.15, -0.1) is 0 Å².